The molecule has 0 bridgehead atoms. The number of carbonyl (C=O) groups is 1. The van der Waals surface area contributed by atoms with Crippen LogP contribution in [0.15, 0.2) is 0 Å². The Morgan fingerprint density at radius 2 is 2.30 bits per heavy atom. The van der Waals surface area contributed by atoms with Gasteiger partial charge in [-0.25, -0.2) is 0 Å². The lowest BCUT2D eigenvalue weighted by atomic mass is 10.1. The Labute approximate surface area is 66.5 Å². The summed E-state index contributed by atoms with van der Waals surface area (Å²) in [7, 11) is 1.40. The van der Waals surface area contributed by atoms with E-state index in [1.54, 1.807) is 0 Å². The molecule has 0 saturated heterocycles. The molecular formula is C7H13ClO2. The Balaban J connectivity index is 3.41. The van der Waals surface area contributed by atoms with Crippen molar-refractivity contribution in [1.82, 2.24) is 0 Å². The molecule has 0 rings (SSSR count). The number of carbonyl (C=O) groups excluding carboxylic acids is 1. The Morgan fingerprint density at radius 3 is 2.70 bits per heavy atom. The van der Waals surface area contributed by atoms with Crippen molar-refractivity contribution < 1.29 is 9.53 Å². The van der Waals surface area contributed by atoms with Gasteiger partial charge in [-0.15, -0.1) is 11.6 Å². The summed E-state index contributed by atoms with van der Waals surface area (Å²) in [5, 5.41) is 0. The first-order valence-electron chi connectivity index (χ1n) is 3.36. The van der Waals surface area contributed by atoms with Gasteiger partial charge in [-0.2, -0.15) is 0 Å². The molecule has 0 fully saturated rings. The number of halogens is 1. The van der Waals surface area contributed by atoms with E-state index in [1.165, 1.54) is 7.11 Å². The molecule has 2 nitrogen and oxygen atoms in total. The van der Waals surface area contributed by atoms with Crippen molar-refractivity contribution in [3.8, 4) is 0 Å². The van der Waals surface area contributed by atoms with E-state index >= 15 is 0 Å². The fourth-order valence-corrected chi connectivity index (χ4v) is 0.857. The van der Waals surface area contributed by atoms with Gasteiger partial charge in [-0.1, -0.05) is 6.92 Å². The lowest BCUT2D eigenvalue weighted by molar-refractivity contribution is -0.145. The van der Waals surface area contributed by atoms with Crippen molar-refractivity contribution in [3.63, 3.8) is 0 Å². The molecule has 0 aromatic heterocycles. The molecule has 0 heterocycles. The molecule has 0 aromatic rings. The standard InChI is InChI=1S/C7H13ClO2/c1-6(4-3-5-8)7(9)10-2/h6H,3-5H2,1-2H3. The maximum Gasteiger partial charge on any atom is 0.308 e. The number of esters is 1. The quantitative estimate of drug-likeness (QED) is 0.468. The predicted molar refractivity (Wildman–Crippen MR) is 41.1 cm³/mol. The van der Waals surface area contributed by atoms with Gasteiger partial charge in [0.1, 0.15) is 0 Å². The molecule has 0 aliphatic heterocycles. The van der Waals surface area contributed by atoms with Crippen LogP contribution in [0, 0.1) is 5.92 Å². The largest absolute Gasteiger partial charge is 0.469 e. The SMILES string of the molecule is COC(=O)C(C)CCCCl. The summed E-state index contributed by atoms with van der Waals surface area (Å²) in [5.74, 6) is 0.454. The smallest absolute Gasteiger partial charge is 0.308 e. The number of ether oxygens (including phenoxy) is 1. The lowest BCUT2D eigenvalue weighted by Gasteiger charge is -2.06. The Bertz CT molecular complexity index is 104. The van der Waals surface area contributed by atoms with Gasteiger partial charge in [-0.05, 0) is 12.8 Å². The minimum atomic E-state index is -0.148. The Morgan fingerprint density at radius 1 is 1.70 bits per heavy atom. The van der Waals surface area contributed by atoms with Crippen LogP contribution in [0.1, 0.15) is 19.8 Å². The molecule has 0 radical (unpaired) electrons. The Hall–Kier alpha value is -0.240. The third-order valence-electron chi connectivity index (χ3n) is 1.37. The monoisotopic (exact) mass is 164 g/mol. The van der Waals surface area contributed by atoms with E-state index in [2.05, 4.69) is 4.74 Å². The van der Waals surface area contributed by atoms with Crippen LogP contribution in [-0.4, -0.2) is 19.0 Å². The molecule has 10 heavy (non-hydrogen) atoms. The fourth-order valence-electron chi connectivity index (χ4n) is 0.702. The van der Waals surface area contributed by atoms with Crippen LogP contribution in [0.5, 0.6) is 0 Å². The van der Waals surface area contributed by atoms with E-state index < -0.39 is 0 Å². The van der Waals surface area contributed by atoms with Crippen LogP contribution in [0.3, 0.4) is 0 Å². The van der Waals surface area contributed by atoms with Crippen molar-refractivity contribution in [2.75, 3.05) is 13.0 Å². The molecule has 0 aliphatic carbocycles. The third-order valence-corrected chi connectivity index (χ3v) is 1.64. The summed E-state index contributed by atoms with van der Waals surface area (Å²) in [4.78, 5) is 10.8. The second-order valence-electron chi connectivity index (χ2n) is 2.26. The van der Waals surface area contributed by atoms with Gasteiger partial charge < -0.3 is 4.74 Å². The average Bonchev–Trinajstić information content (AvgIpc) is 1.98. The topological polar surface area (TPSA) is 26.3 Å². The van der Waals surface area contributed by atoms with Crippen molar-refractivity contribution >= 4 is 17.6 Å². The van der Waals surface area contributed by atoms with Crippen molar-refractivity contribution in [2.24, 2.45) is 5.92 Å². The summed E-state index contributed by atoms with van der Waals surface area (Å²) >= 11 is 5.44. The van der Waals surface area contributed by atoms with Gasteiger partial charge in [0.25, 0.3) is 0 Å². The minimum absolute atomic E-state index is 0.0104. The van der Waals surface area contributed by atoms with Crippen molar-refractivity contribution in [3.05, 3.63) is 0 Å². The molecule has 1 atom stereocenters. The van der Waals surface area contributed by atoms with E-state index in [9.17, 15) is 4.79 Å². The second kappa shape index (κ2) is 5.54. The first kappa shape index (κ1) is 9.76. The zero-order valence-corrected chi connectivity index (χ0v) is 7.15. The normalized spacial score (nSPS) is 12.7. The molecule has 0 spiro atoms. The summed E-state index contributed by atoms with van der Waals surface area (Å²) in [5.41, 5.74) is 0. The first-order chi connectivity index (χ1) is 4.72. The summed E-state index contributed by atoms with van der Waals surface area (Å²) in [6.45, 7) is 1.85. The average molecular weight is 165 g/mol. The molecule has 0 N–H and O–H groups in total. The zero-order valence-electron chi connectivity index (χ0n) is 6.39. The molecule has 60 valence electrons. The highest BCUT2D eigenvalue weighted by molar-refractivity contribution is 6.17. The van der Waals surface area contributed by atoms with Gasteiger partial charge in [0, 0.05) is 5.88 Å². The molecule has 3 heteroatoms. The van der Waals surface area contributed by atoms with Crippen LogP contribution < -0.4 is 0 Å². The summed E-state index contributed by atoms with van der Waals surface area (Å²) < 4.78 is 4.53. The molecule has 0 aliphatic rings. The van der Waals surface area contributed by atoms with Crippen molar-refractivity contribution in [2.45, 2.75) is 19.8 Å². The summed E-state index contributed by atoms with van der Waals surface area (Å²) in [6.07, 6.45) is 1.69. The number of hydrogen-bond donors (Lipinski definition) is 0. The maximum absolute atomic E-state index is 10.8. The zero-order chi connectivity index (χ0) is 7.98. The number of rotatable bonds is 4. The van der Waals surface area contributed by atoms with Gasteiger partial charge >= 0.3 is 5.97 Å². The van der Waals surface area contributed by atoms with E-state index in [0.29, 0.717) is 5.88 Å². The third kappa shape index (κ3) is 3.72. The predicted octanol–water partition coefficient (Wildman–Crippen LogP) is 1.81. The van der Waals surface area contributed by atoms with Crippen LogP contribution in [-0.2, 0) is 9.53 Å². The van der Waals surface area contributed by atoms with Crippen LogP contribution in [0.4, 0.5) is 0 Å². The minimum Gasteiger partial charge on any atom is -0.469 e. The van der Waals surface area contributed by atoms with E-state index in [0.717, 1.165) is 12.8 Å². The van der Waals surface area contributed by atoms with Crippen LogP contribution >= 0.6 is 11.6 Å². The van der Waals surface area contributed by atoms with Gasteiger partial charge in [0.15, 0.2) is 0 Å². The fraction of sp³-hybridized carbons (Fsp3) is 0.857. The highest BCUT2D eigenvalue weighted by atomic mass is 35.5. The van der Waals surface area contributed by atoms with E-state index in [-0.39, 0.29) is 11.9 Å². The highest BCUT2D eigenvalue weighted by Gasteiger charge is 2.11. The number of alkyl halides is 1. The van der Waals surface area contributed by atoms with Crippen LogP contribution in [0.25, 0.3) is 0 Å². The van der Waals surface area contributed by atoms with E-state index in [4.69, 9.17) is 11.6 Å². The number of hydrogen-bond acceptors (Lipinski definition) is 2. The van der Waals surface area contributed by atoms with Gasteiger partial charge in [-0.3, -0.25) is 4.79 Å². The van der Waals surface area contributed by atoms with Crippen molar-refractivity contribution in [1.29, 1.82) is 0 Å². The molecular weight excluding hydrogens is 152 g/mol. The molecule has 0 amide bonds. The summed E-state index contributed by atoms with van der Waals surface area (Å²) in [6, 6.07) is 0. The van der Waals surface area contributed by atoms with Gasteiger partial charge in [0.2, 0.25) is 0 Å². The molecule has 0 saturated carbocycles. The molecule has 1 unspecified atom stereocenters. The maximum atomic E-state index is 10.8. The van der Waals surface area contributed by atoms with Gasteiger partial charge in [0.05, 0.1) is 13.0 Å². The lowest BCUT2D eigenvalue weighted by Crippen LogP contribution is -2.12. The van der Waals surface area contributed by atoms with Crippen LogP contribution in [0.2, 0.25) is 0 Å². The first-order valence-corrected chi connectivity index (χ1v) is 3.89. The Kier molecular flexibility index (Phi) is 5.40. The molecule has 0 aromatic carbocycles. The second-order valence-corrected chi connectivity index (χ2v) is 2.63. The highest BCUT2D eigenvalue weighted by Crippen LogP contribution is 2.07. The van der Waals surface area contributed by atoms with E-state index in [1.807, 2.05) is 6.92 Å². The number of methoxy groups -OCH3 is 1.